The normalized spacial score (nSPS) is 11.1. The Balaban J connectivity index is 0.000000157. The number of phenols is 1. The number of aromatic nitrogens is 8. The fraction of sp³-hybridized carbons (Fsp3) is 0.0667. The van der Waals surface area contributed by atoms with E-state index in [0.717, 1.165) is 28.1 Å². The van der Waals surface area contributed by atoms with Crippen LogP contribution in [-0.4, -0.2) is 44.1 Å². The summed E-state index contributed by atoms with van der Waals surface area (Å²) in [7, 11) is 0. The minimum atomic E-state index is 0.113. The average molecular weight is 616 g/mol. The molecule has 0 bridgehead atoms. The number of halogens is 3. The summed E-state index contributed by atoms with van der Waals surface area (Å²) in [5.74, 6) is 0.161. The van der Waals surface area contributed by atoms with E-state index in [4.69, 9.17) is 34.8 Å². The van der Waals surface area contributed by atoms with Gasteiger partial charge < -0.3 is 5.11 Å². The Morgan fingerprint density at radius 2 is 1.17 bits per heavy atom. The number of phenolic OH excluding ortho intramolecular Hbond substituents is 1. The lowest BCUT2D eigenvalue weighted by atomic mass is 10.1. The molecule has 7 rings (SSSR count). The molecule has 7 aromatic rings. The highest BCUT2D eigenvalue weighted by Gasteiger charge is 2.16. The SMILES string of the molecule is Cc1cccc(-n2cnc3c(-c4cccc(O)c4)nc(Cl)nc32)c1.Cc1cccc(-n2cnc3c(Cl)nc(Cl)nc32)c1. The summed E-state index contributed by atoms with van der Waals surface area (Å²) in [6.07, 6.45) is 3.37. The highest BCUT2D eigenvalue weighted by molar-refractivity contribution is 6.35. The molecule has 0 aliphatic heterocycles. The van der Waals surface area contributed by atoms with E-state index < -0.39 is 0 Å². The van der Waals surface area contributed by atoms with E-state index in [0.29, 0.717) is 28.0 Å². The second-order valence-corrected chi connectivity index (χ2v) is 10.5. The Bertz CT molecular complexity index is 2090. The largest absolute Gasteiger partial charge is 0.508 e. The summed E-state index contributed by atoms with van der Waals surface area (Å²) in [4.78, 5) is 25.4. The van der Waals surface area contributed by atoms with Gasteiger partial charge in [-0.05, 0) is 84.6 Å². The Morgan fingerprint density at radius 3 is 1.76 bits per heavy atom. The molecule has 0 saturated heterocycles. The van der Waals surface area contributed by atoms with E-state index >= 15 is 0 Å². The van der Waals surface area contributed by atoms with Gasteiger partial charge in [0.15, 0.2) is 16.4 Å². The third-order valence-electron chi connectivity index (χ3n) is 6.37. The third kappa shape index (κ3) is 5.49. The van der Waals surface area contributed by atoms with Crippen LogP contribution in [0.4, 0.5) is 0 Å². The van der Waals surface area contributed by atoms with Crippen molar-refractivity contribution in [3.05, 3.63) is 112 Å². The number of fused-ring (bicyclic) bond motifs is 2. The molecule has 0 aliphatic rings. The van der Waals surface area contributed by atoms with Crippen LogP contribution < -0.4 is 0 Å². The third-order valence-corrected chi connectivity index (χ3v) is 6.98. The molecule has 12 heteroatoms. The van der Waals surface area contributed by atoms with E-state index in [9.17, 15) is 5.11 Å². The van der Waals surface area contributed by atoms with Crippen molar-refractivity contribution in [3.63, 3.8) is 0 Å². The monoisotopic (exact) mass is 614 g/mol. The minimum Gasteiger partial charge on any atom is -0.508 e. The molecule has 0 unspecified atom stereocenters. The predicted octanol–water partition coefficient (Wildman–Crippen LogP) is 7.58. The fourth-order valence-corrected chi connectivity index (χ4v) is 5.09. The summed E-state index contributed by atoms with van der Waals surface area (Å²) in [5, 5.41) is 10.2. The topological polar surface area (TPSA) is 107 Å². The molecular formula is C30H21Cl3N8O. The number of imidazole rings is 2. The van der Waals surface area contributed by atoms with Gasteiger partial charge in [0, 0.05) is 16.9 Å². The molecule has 1 N–H and O–H groups in total. The van der Waals surface area contributed by atoms with Crippen molar-refractivity contribution in [1.29, 1.82) is 0 Å². The number of hydrogen-bond donors (Lipinski definition) is 1. The van der Waals surface area contributed by atoms with Crippen LogP contribution in [0.5, 0.6) is 5.75 Å². The van der Waals surface area contributed by atoms with Crippen molar-refractivity contribution in [2.24, 2.45) is 0 Å². The van der Waals surface area contributed by atoms with Crippen LogP contribution in [0.1, 0.15) is 11.1 Å². The van der Waals surface area contributed by atoms with Gasteiger partial charge in [0.1, 0.15) is 35.1 Å². The molecule has 0 radical (unpaired) electrons. The van der Waals surface area contributed by atoms with E-state index in [-0.39, 0.29) is 21.5 Å². The first-order valence-corrected chi connectivity index (χ1v) is 13.8. The van der Waals surface area contributed by atoms with Crippen molar-refractivity contribution >= 4 is 57.1 Å². The molecule has 4 aromatic heterocycles. The first-order valence-electron chi connectivity index (χ1n) is 12.7. The maximum absolute atomic E-state index is 9.73. The first-order chi connectivity index (χ1) is 20.3. The number of nitrogens with zero attached hydrogens (tertiary/aromatic N) is 8. The first kappa shape index (κ1) is 27.6. The van der Waals surface area contributed by atoms with Gasteiger partial charge in [-0.3, -0.25) is 9.13 Å². The van der Waals surface area contributed by atoms with Crippen LogP contribution in [0, 0.1) is 13.8 Å². The van der Waals surface area contributed by atoms with Crippen LogP contribution in [-0.2, 0) is 0 Å². The highest BCUT2D eigenvalue weighted by atomic mass is 35.5. The van der Waals surface area contributed by atoms with Crippen molar-refractivity contribution in [1.82, 2.24) is 39.0 Å². The van der Waals surface area contributed by atoms with Gasteiger partial charge in [-0.25, -0.2) is 19.9 Å². The lowest BCUT2D eigenvalue weighted by Gasteiger charge is -2.06. The zero-order valence-electron chi connectivity index (χ0n) is 22.2. The van der Waals surface area contributed by atoms with Gasteiger partial charge in [0.25, 0.3) is 0 Å². The number of rotatable bonds is 3. The molecule has 208 valence electrons. The molecule has 4 heterocycles. The van der Waals surface area contributed by atoms with Gasteiger partial charge in [0.2, 0.25) is 10.6 Å². The number of hydrogen-bond acceptors (Lipinski definition) is 7. The molecule has 42 heavy (non-hydrogen) atoms. The highest BCUT2D eigenvalue weighted by Crippen LogP contribution is 2.30. The molecule has 0 spiro atoms. The molecule has 0 amide bonds. The van der Waals surface area contributed by atoms with Crippen molar-refractivity contribution in [2.45, 2.75) is 13.8 Å². The smallest absolute Gasteiger partial charge is 0.225 e. The van der Waals surface area contributed by atoms with Crippen LogP contribution in [0.15, 0.2) is 85.5 Å². The zero-order chi connectivity index (χ0) is 29.4. The van der Waals surface area contributed by atoms with E-state index in [2.05, 4.69) is 29.9 Å². The van der Waals surface area contributed by atoms with Gasteiger partial charge in [-0.15, -0.1) is 0 Å². The van der Waals surface area contributed by atoms with Gasteiger partial charge in [-0.2, -0.15) is 9.97 Å². The fourth-order valence-electron chi connectivity index (χ4n) is 4.50. The predicted molar refractivity (Wildman–Crippen MR) is 165 cm³/mol. The number of aromatic hydroxyl groups is 1. The van der Waals surface area contributed by atoms with Crippen LogP contribution in [0.3, 0.4) is 0 Å². The molecule has 0 aliphatic carbocycles. The second kappa shape index (κ2) is 11.4. The minimum absolute atomic E-state index is 0.113. The average Bonchev–Trinajstić information content (AvgIpc) is 3.58. The number of aryl methyl sites for hydroxylation is 2. The Hall–Kier alpha value is -4.57. The van der Waals surface area contributed by atoms with Crippen molar-refractivity contribution < 1.29 is 5.11 Å². The summed E-state index contributed by atoms with van der Waals surface area (Å²) in [5.41, 5.74) is 7.94. The lowest BCUT2D eigenvalue weighted by Crippen LogP contribution is -1.97. The van der Waals surface area contributed by atoms with Gasteiger partial charge in [-0.1, -0.05) is 48.0 Å². The molecule has 0 saturated carbocycles. The lowest BCUT2D eigenvalue weighted by molar-refractivity contribution is 0.475. The molecule has 0 fully saturated rings. The zero-order valence-corrected chi connectivity index (χ0v) is 24.5. The second-order valence-electron chi connectivity index (χ2n) is 9.43. The standard InChI is InChI=1S/C18H13ClN4O.C12H8Cl2N4/c1-11-4-2-6-13(8-11)23-10-20-16-15(21-18(19)22-17(16)23)12-5-3-7-14(24)9-12;1-7-3-2-4-8(5-7)18-6-15-9-10(13)16-12(14)17-11(9)18/h2-10,24H,1H3;2-6H,1H3. The quantitative estimate of drug-likeness (QED) is 0.161. The summed E-state index contributed by atoms with van der Waals surface area (Å²) >= 11 is 17.9. The summed E-state index contributed by atoms with van der Waals surface area (Å²) < 4.78 is 3.71. The molecule has 9 nitrogen and oxygen atoms in total. The molecule has 3 aromatic carbocycles. The van der Waals surface area contributed by atoms with Crippen LogP contribution >= 0.6 is 34.8 Å². The van der Waals surface area contributed by atoms with Crippen molar-refractivity contribution in [2.75, 3.05) is 0 Å². The Kier molecular flexibility index (Phi) is 7.47. The van der Waals surface area contributed by atoms with E-state index in [1.54, 1.807) is 30.9 Å². The van der Waals surface area contributed by atoms with Crippen LogP contribution in [0.2, 0.25) is 15.7 Å². The van der Waals surface area contributed by atoms with E-state index in [1.165, 1.54) is 0 Å². The maximum Gasteiger partial charge on any atom is 0.225 e. The summed E-state index contributed by atoms with van der Waals surface area (Å²) in [6, 6.07) is 22.9. The number of benzene rings is 3. The van der Waals surface area contributed by atoms with Gasteiger partial charge >= 0.3 is 0 Å². The summed E-state index contributed by atoms with van der Waals surface area (Å²) in [6.45, 7) is 4.06. The van der Waals surface area contributed by atoms with Gasteiger partial charge in [0.05, 0.1) is 0 Å². The van der Waals surface area contributed by atoms with Crippen molar-refractivity contribution in [3.8, 4) is 28.4 Å². The Labute approximate surface area is 255 Å². The molecule has 0 atom stereocenters. The van der Waals surface area contributed by atoms with Crippen LogP contribution in [0.25, 0.3) is 45.0 Å². The van der Waals surface area contributed by atoms with E-state index in [1.807, 2.05) is 77.6 Å². The molecular weight excluding hydrogens is 595 g/mol. The Morgan fingerprint density at radius 1 is 0.619 bits per heavy atom. The maximum atomic E-state index is 9.73.